The minimum Gasteiger partial charge on any atom is -0.383 e. The molecule has 18 heavy (non-hydrogen) atoms. The van der Waals surface area contributed by atoms with Crippen molar-refractivity contribution >= 4 is 21.5 Å². The molecule has 0 aliphatic carbocycles. The van der Waals surface area contributed by atoms with Crippen LogP contribution in [0.1, 0.15) is 39.7 Å². The van der Waals surface area contributed by atoms with Crippen LogP contribution in [0, 0.1) is 0 Å². The van der Waals surface area contributed by atoms with Crippen LogP contribution in [0.2, 0.25) is 0 Å². The van der Waals surface area contributed by atoms with Crippen LogP contribution in [-0.2, 0) is 9.84 Å². The average Bonchev–Trinajstić information content (AvgIpc) is 2.58. The topological polar surface area (TPSA) is 90.0 Å². The lowest BCUT2D eigenvalue weighted by molar-refractivity contribution is 0.435. The fourth-order valence-corrected chi connectivity index (χ4v) is 2.93. The molecule has 0 aliphatic rings. The number of nitrogens with zero attached hydrogens (tertiary/aromatic N) is 2. The lowest BCUT2D eigenvalue weighted by Gasteiger charge is -2.14. The summed E-state index contributed by atoms with van der Waals surface area (Å²) in [4.78, 5) is 0.108. The van der Waals surface area contributed by atoms with Gasteiger partial charge in [0.2, 0.25) is 0 Å². The molecular weight excluding hydrogens is 252 g/mol. The Morgan fingerprint density at radius 3 is 2.28 bits per heavy atom. The SMILES string of the molecule is CCNc1nn(C(CC)CC)c(N)c1S(C)(=O)=O. The van der Waals surface area contributed by atoms with Gasteiger partial charge in [0.25, 0.3) is 0 Å². The zero-order chi connectivity index (χ0) is 13.9. The molecule has 0 aliphatic heterocycles. The van der Waals surface area contributed by atoms with Gasteiger partial charge in [0, 0.05) is 12.8 Å². The van der Waals surface area contributed by atoms with E-state index < -0.39 is 9.84 Å². The normalized spacial score (nSPS) is 12.1. The van der Waals surface area contributed by atoms with Crippen LogP contribution in [0.15, 0.2) is 4.90 Å². The molecule has 0 spiro atoms. The summed E-state index contributed by atoms with van der Waals surface area (Å²) in [6.07, 6.45) is 2.87. The third kappa shape index (κ3) is 2.77. The van der Waals surface area contributed by atoms with Gasteiger partial charge in [-0.15, -0.1) is 0 Å². The molecule has 0 fully saturated rings. The minimum absolute atomic E-state index is 0.108. The van der Waals surface area contributed by atoms with Crippen LogP contribution >= 0.6 is 0 Å². The minimum atomic E-state index is -3.39. The van der Waals surface area contributed by atoms with Crippen LogP contribution < -0.4 is 11.1 Å². The highest BCUT2D eigenvalue weighted by molar-refractivity contribution is 7.91. The maximum Gasteiger partial charge on any atom is 0.182 e. The zero-order valence-corrected chi connectivity index (χ0v) is 12.2. The molecule has 1 aromatic heterocycles. The Hall–Kier alpha value is -1.24. The van der Waals surface area contributed by atoms with Crippen molar-refractivity contribution in [1.82, 2.24) is 9.78 Å². The summed E-state index contributed by atoms with van der Waals surface area (Å²) in [6.45, 7) is 6.55. The van der Waals surface area contributed by atoms with Crippen LogP contribution in [0.25, 0.3) is 0 Å². The van der Waals surface area contributed by atoms with Gasteiger partial charge >= 0.3 is 0 Å². The number of nitrogen functional groups attached to an aromatic ring is 1. The number of aromatic nitrogens is 2. The molecule has 1 aromatic rings. The van der Waals surface area contributed by atoms with Crippen molar-refractivity contribution in [3.63, 3.8) is 0 Å². The van der Waals surface area contributed by atoms with Crippen molar-refractivity contribution in [3.8, 4) is 0 Å². The quantitative estimate of drug-likeness (QED) is 0.823. The molecule has 0 saturated carbocycles. The summed E-state index contributed by atoms with van der Waals surface area (Å²) in [6, 6.07) is 0.123. The summed E-state index contributed by atoms with van der Waals surface area (Å²) in [5.74, 6) is 0.576. The first-order chi connectivity index (χ1) is 8.36. The second-order valence-corrected chi connectivity index (χ2v) is 6.23. The zero-order valence-electron chi connectivity index (χ0n) is 11.4. The Morgan fingerprint density at radius 1 is 1.33 bits per heavy atom. The number of sulfone groups is 1. The molecular formula is C11H22N4O2S. The molecule has 6 nitrogen and oxygen atoms in total. The lowest BCUT2D eigenvalue weighted by atomic mass is 10.2. The van der Waals surface area contributed by atoms with Crippen molar-refractivity contribution in [2.75, 3.05) is 23.9 Å². The smallest absolute Gasteiger partial charge is 0.182 e. The first kappa shape index (κ1) is 14.8. The predicted octanol–water partition coefficient (Wildman–Crippen LogP) is 1.66. The summed E-state index contributed by atoms with van der Waals surface area (Å²) >= 11 is 0. The van der Waals surface area contributed by atoms with E-state index in [0.29, 0.717) is 12.4 Å². The van der Waals surface area contributed by atoms with Crippen LogP contribution in [-0.4, -0.2) is 31.0 Å². The molecule has 0 aromatic carbocycles. The number of anilines is 2. The number of rotatable bonds is 6. The Labute approximate surface area is 108 Å². The second-order valence-electron chi connectivity index (χ2n) is 4.28. The van der Waals surface area contributed by atoms with Gasteiger partial charge in [-0.05, 0) is 19.8 Å². The van der Waals surface area contributed by atoms with Gasteiger partial charge in [0.05, 0.1) is 6.04 Å². The second kappa shape index (κ2) is 5.60. The van der Waals surface area contributed by atoms with Gasteiger partial charge in [-0.25, -0.2) is 13.1 Å². The molecule has 104 valence electrons. The molecule has 0 bridgehead atoms. The molecule has 0 amide bonds. The Kier molecular flexibility index (Phi) is 4.61. The van der Waals surface area contributed by atoms with Crippen molar-refractivity contribution in [3.05, 3.63) is 0 Å². The predicted molar refractivity (Wildman–Crippen MR) is 73.5 cm³/mol. The van der Waals surface area contributed by atoms with Crippen LogP contribution in [0.4, 0.5) is 11.6 Å². The van der Waals surface area contributed by atoms with E-state index in [-0.39, 0.29) is 16.8 Å². The summed E-state index contributed by atoms with van der Waals surface area (Å²) < 4.78 is 25.2. The monoisotopic (exact) mass is 274 g/mol. The van der Waals surface area contributed by atoms with E-state index in [1.54, 1.807) is 4.68 Å². The first-order valence-corrected chi connectivity index (χ1v) is 8.07. The number of nitrogens with two attached hydrogens (primary N) is 1. The van der Waals surface area contributed by atoms with Gasteiger partial charge < -0.3 is 11.1 Å². The van der Waals surface area contributed by atoms with Gasteiger partial charge in [-0.3, -0.25) is 0 Å². The first-order valence-electron chi connectivity index (χ1n) is 6.18. The molecule has 0 unspecified atom stereocenters. The number of hydrogen-bond donors (Lipinski definition) is 2. The fraction of sp³-hybridized carbons (Fsp3) is 0.727. The van der Waals surface area contributed by atoms with Crippen molar-refractivity contribution < 1.29 is 8.42 Å². The van der Waals surface area contributed by atoms with Gasteiger partial charge in [-0.1, -0.05) is 13.8 Å². The largest absolute Gasteiger partial charge is 0.383 e. The van der Waals surface area contributed by atoms with Crippen molar-refractivity contribution in [1.29, 1.82) is 0 Å². The Balaban J connectivity index is 3.41. The molecule has 1 heterocycles. The Morgan fingerprint density at radius 2 is 1.89 bits per heavy atom. The molecule has 0 saturated heterocycles. The molecule has 3 N–H and O–H groups in total. The van der Waals surface area contributed by atoms with Crippen molar-refractivity contribution in [2.45, 2.75) is 44.6 Å². The molecule has 0 atom stereocenters. The van der Waals surface area contributed by atoms with Gasteiger partial charge in [0.1, 0.15) is 5.82 Å². The maximum atomic E-state index is 11.8. The van der Waals surface area contributed by atoms with E-state index in [9.17, 15) is 8.42 Å². The fourth-order valence-electron chi connectivity index (χ4n) is 1.99. The van der Waals surface area contributed by atoms with Crippen LogP contribution in [0.3, 0.4) is 0 Å². The third-order valence-corrected chi connectivity index (χ3v) is 4.05. The highest BCUT2D eigenvalue weighted by Gasteiger charge is 2.25. The third-order valence-electron chi connectivity index (χ3n) is 2.91. The number of nitrogens with one attached hydrogen (secondary N) is 1. The van der Waals surface area contributed by atoms with Crippen molar-refractivity contribution in [2.24, 2.45) is 0 Å². The molecule has 7 heteroatoms. The van der Waals surface area contributed by atoms with E-state index in [1.807, 2.05) is 20.8 Å². The van der Waals surface area contributed by atoms with Gasteiger partial charge in [-0.2, -0.15) is 5.10 Å². The van der Waals surface area contributed by atoms with E-state index in [0.717, 1.165) is 19.1 Å². The summed E-state index contributed by atoms with van der Waals surface area (Å²) in [7, 11) is -3.39. The summed E-state index contributed by atoms with van der Waals surface area (Å²) in [5.41, 5.74) is 5.95. The number of hydrogen-bond acceptors (Lipinski definition) is 5. The highest BCUT2D eigenvalue weighted by Crippen LogP contribution is 2.31. The highest BCUT2D eigenvalue weighted by atomic mass is 32.2. The van der Waals surface area contributed by atoms with E-state index in [2.05, 4.69) is 10.4 Å². The van der Waals surface area contributed by atoms with E-state index in [4.69, 9.17) is 5.73 Å². The van der Waals surface area contributed by atoms with Crippen LogP contribution in [0.5, 0.6) is 0 Å². The van der Waals surface area contributed by atoms with E-state index >= 15 is 0 Å². The summed E-state index contributed by atoms with van der Waals surface area (Å²) in [5, 5.41) is 7.27. The lowest BCUT2D eigenvalue weighted by Crippen LogP contribution is -2.12. The molecule has 1 rings (SSSR count). The van der Waals surface area contributed by atoms with Gasteiger partial charge in [0.15, 0.2) is 20.6 Å². The maximum absolute atomic E-state index is 11.8. The average molecular weight is 274 g/mol. The molecule has 0 radical (unpaired) electrons. The van der Waals surface area contributed by atoms with E-state index in [1.165, 1.54) is 0 Å². The standard InChI is InChI=1S/C11H22N4O2S/c1-5-8(6-2)15-10(12)9(18(4,16)17)11(14-15)13-7-3/h8H,5-7,12H2,1-4H3,(H,13,14). The Bertz CT molecular complexity index is 503.